The van der Waals surface area contributed by atoms with Crippen molar-refractivity contribution < 1.29 is 26.8 Å². The van der Waals surface area contributed by atoms with Gasteiger partial charge in [0.2, 0.25) is 5.91 Å². The second-order valence-corrected chi connectivity index (χ2v) is 11.8. The van der Waals surface area contributed by atoms with Crippen molar-refractivity contribution in [2.45, 2.75) is 31.8 Å². The molecule has 3 heterocycles. The summed E-state index contributed by atoms with van der Waals surface area (Å²) in [6.45, 7) is 1.68. The number of amides is 3. The summed E-state index contributed by atoms with van der Waals surface area (Å²) in [4.78, 5) is 36.2. The van der Waals surface area contributed by atoms with E-state index in [0.717, 1.165) is 21.1 Å². The van der Waals surface area contributed by atoms with Crippen LogP contribution in [0.5, 0.6) is 0 Å². The van der Waals surface area contributed by atoms with Crippen LogP contribution in [0.4, 0.5) is 25.1 Å². The Labute approximate surface area is 232 Å². The Hall–Kier alpha value is -4.17. The highest BCUT2D eigenvalue weighted by molar-refractivity contribution is 7.91. The average Bonchev–Trinajstić information content (AvgIpc) is 3.49. The van der Waals surface area contributed by atoms with Crippen LogP contribution in [0.2, 0.25) is 0 Å². The molecular weight excluding hydrogens is 562 g/mol. The Bertz CT molecular complexity index is 1690. The van der Waals surface area contributed by atoms with Gasteiger partial charge in [-0.1, -0.05) is 6.07 Å². The van der Waals surface area contributed by atoms with Crippen LogP contribution in [-0.2, 0) is 27.8 Å². The van der Waals surface area contributed by atoms with Gasteiger partial charge >= 0.3 is 16.2 Å². The molecule has 1 aliphatic heterocycles. The van der Waals surface area contributed by atoms with E-state index in [1.807, 2.05) is 4.72 Å². The number of anilines is 2. The summed E-state index contributed by atoms with van der Waals surface area (Å²) in [7, 11) is -2.94. The van der Waals surface area contributed by atoms with Gasteiger partial charge in [0.05, 0.1) is 15.7 Å². The summed E-state index contributed by atoms with van der Waals surface area (Å²) in [5.74, 6) is -2.15. The van der Waals surface area contributed by atoms with Gasteiger partial charge in [-0.3, -0.25) is 4.79 Å². The Balaban J connectivity index is 1.39. The minimum Gasteiger partial charge on any atom is -0.325 e. The van der Waals surface area contributed by atoms with E-state index < -0.39 is 45.9 Å². The van der Waals surface area contributed by atoms with Crippen LogP contribution >= 0.6 is 11.3 Å². The molecule has 2 aromatic heterocycles. The number of carbonyl (C=O) groups excluding carboxylic acids is 2. The Kier molecular flexibility index (Phi) is 7.38. The number of aromatic nitrogens is 2. The number of pyridine rings is 1. The molecule has 5 rings (SSSR count). The Morgan fingerprint density at radius 2 is 1.90 bits per heavy atom. The minimum absolute atomic E-state index is 0.0913. The summed E-state index contributed by atoms with van der Waals surface area (Å²) in [5.41, 5.74) is 3.59. The van der Waals surface area contributed by atoms with Gasteiger partial charge in [-0.25, -0.2) is 32.6 Å². The second-order valence-electron chi connectivity index (χ2n) is 9.35. The molecule has 2 N–H and O–H groups in total. The monoisotopic (exact) mass is 586 g/mol. The largest absolute Gasteiger partial charge is 0.330 e. The van der Waals surface area contributed by atoms with E-state index in [1.54, 1.807) is 42.8 Å². The van der Waals surface area contributed by atoms with E-state index in [2.05, 4.69) is 15.3 Å². The molecule has 1 aliphatic rings. The zero-order valence-electron chi connectivity index (χ0n) is 21.3. The molecule has 0 unspecified atom stereocenters. The quantitative estimate of drug-likeness (QED) is 0.342. The van der Waals surface area contributed by atoms with Gasteiger partial charge in [-0.05, 0) is 60.9 Å². The minimum atomic E-state index is -4.41. The highest BCUT2D eigenvalue weighted by atomic mass is 32.2. The maximum Gasteiger partial charge on any atom is 0.330 e. The summed E-state index contributed by atoms with van der Waals surface area (Å²) in [5, 5.41) is 2.38. The van der Waals surface area contributed by atoms with E-state index >= 15 is 0 Å². The van der Waals surface area contributed by atoms with Gasteiger partial charge in [0, 0.05) is 37.5 Å². The second kappa shape index (κ2) is 10.8. The predicted molar refractivity (Wildman–Crippen MR) is 147 cm³/mol. The van der Waals surface area contributed by atoms with Crippen LogP contribution in [0.3, 0.4) is 0 Å². The number of carbonyl (C=O) groups is 2. The first-order valence-electron chi connectivity index (χ1n) is 12.1. The number of rotatable bonds is 7. The molecule has 0 aliphatic carbocycles. The molecule has 14 heteroatoms. The number of nitrogens with one attached hydrogen (secondary N) is 2. The molecule has 0 saturated carbocycles. The van der Waals surface area contributed by atoms with Gasteiger partial charge in [0.1, 0.15) is 23.5 Å². The third-order valence-electron chi connectivity index (χ3n) is 6.47. The molecule has 0 spiro atoms. The topological polar surface area (TPSA) is 125 Å². The van der Waals surface area contributed by atoms with Crippen molar-refractivity contribution in [3.63, 3.8) is 0 Å². The standard InChI is InChI=1S/C26H24F2N6O4S2/c1-15-8-17-4-3-7-29-24(17)34(15)40(37,38)32-26(36)31-22(11-16-9-18(27)12-19(28)10-16)25(35)33(2)20-5-6-23-21(13-20)30-14-39-23/h3-7,9-10,12-15,22H,8,11H2,1-2H3,(H2,31,32,36)/t15-,22+/m1/s1. The number of fused-ring (bicyclic) bond motifs is 2. The lowest BCUT2D eigenvalue weighted by atomic mass is 10.0. The molecule has 2 atom stereocenters. The van der Waals surface area contributed by atoms with Crippen LogP contribution in [0.15, 0.2) is 60.2 Å². The van der Waals surface area contributed by atoms with Gasteiger partial charge in [0.15, 0.2) is 0 Å². The molecule has 3 amide bonds. The number of thiazole rings is 1. The average molecular weight is 587 g/mol. The van der Waals surface area contributed by atoms with Crippen molar-refractivity contribution in [2.24, 2.45) is 0 Å². The van der Waals surface area contributed by atoms with Gasteiger partial charge < -0.3 is 10.2 Å². The normalized spacial score (nSPS) is 15.5. The first-order chi connectivity index (χ1) is 19.0. The van der Waals surface area contributed by atoms with Crippen LogP contribution in [-0.4, -0.2) is 49.5 Å². The van der Waals surface area contributed by atoms with E-state index in [4.69, 9.17) is 0 Å². The Morgan fingerprint density at radius 1 is 1.15 bits per heavy atom. The molecule has 2 aromatic carbocycles. The lowest BCUT2D eigenvalue weighted by Gasteiger charge is -2.27. The van der Waals surface area contributed by atoms with Crippen LogP contribution in [0.25, 0.3) is 10.2 Å². The van der Waals surface area contributed by atoms with Crippen molar-refractivity contribution >= 4 is 55.2 Å². The third-order valence-corrected chi connectivity index (χ3v) is 8.77. The maximum atomic E-state index is 13.9. The predicted octanol–water partition coefficient (Wildman–Crippen LogP) is 3.54. The lowest BCUT2D eigenvalue weighted by molar-refractivity contribution is -0.120. The van der Waals surface area contributed by atoms with E-state index in [-0.39, 0.29) is 17.8 Å². The zero-order valence-corrected chi connectivity index (χ0v) is 23.0. The number of halogens is 2. The number of urea groups is 1. The van der Waals surface area contributed by atoms with Crippen molar-refractivity contribution in [3.05, 3.63) is 83.0 Å². The van der Waals surface area contributed by atoms with Gasteiger partial charge in [-0.2, -0.15) is 8.42 Å². The fourth-order valence-electron chi connectivity index (χ4n) is 4.68. The van der Waals surface area contributed by atoms with Crippen molar-refractivity contribution in [2.75, 3.05) is 16.3 Å². The lowest BCUT2D eigenvalue weighted by Crippen LogP contribution is -2.55. The first kappa shape index (κ1) is 27.4. The first-order valence-corrected chi connectivity index (χ1v) is 14.5. The summed E-state index contributed by atoms with van der Waals surface area (Å²) in [6.07, 6.45) is 1.55. The van der Waals surface area contributed by atoms with Crippen LogP contribution in [0, 0.1) is 11.6 Å². The molecular formula is C26H24F2N6O4S2. The molecule has 0 saturated heterocycles. The molecule has 208 valence electrons. The number of hydrogen-bond donors (Lipinski definition) is 2. The molecule has 0 fully saturated rings. The van der Waals surface area contributed by atoms with Crippen molar-refractivity contribution in [1.82, 2.24) is 20.0 Å². The van der Waals surface area contributed by atoms with E-state index in [0.29, 0.717) is 29.3 Å². The summed E-state index contributed by atoms with van der Waals surface area (Å²) < 4.78 is 58.0. The van der Waals surface area contributed by atoms with Gasteiger partial charge in [0.25, 0.3) is 0 Å². The summed E-state index contributed by atoms with van der Waals surface area (Å²) >= 11 is 1.43. The number of nitrogens with zero attached hydrogens (tertiary/aromatic N) is 4. The van der Waals surface area contributed by atoms with E-state index in [1.165, 1.54) is 29.5 Å². The molecule has 4 aromatic rings. The zero-order chi connectivity index (χ0) is 28.6. The highest BCUT2D eigenvalue weighted by Gasteiger charge is 2.38. The van der Waals surface area contributed by atoms with Crippen LogP contribution in [0.1, 0.15) is 18.1 Å². The maximum absolute atomic E-state index is 13.9. The summed E-state index contributed by atoms with van der Waals surface area (Å²) in [6, 6.07) is 8.30. The fraction of sp³-hybridized carbons (Fsp3) is 0.231. The Morgan fingerprint density at radius 3 is 2.65 bits per heavy atom. The van der Waals surface area contributed by atoms with Crippen LogP contribution < -0.4 is 19.2 Å². The van der Waals surface area contributed by atoms with Crippen molar-refractivity contribution in [1.29, 1.82) is 0 Å². The number of benzene rings is 2. The number of hydrogen-bond acceptors (Lipinski definition) is 7. The number of likely N-dealkylation sites (N-methyl/N-ethyl adjacent to an activating group) is 1. The van der Waals surface area contributed by atoms with E-state index in [9.17, 15) is 26.8 Å². The third kappa shape index (κ3) is 5.58. The SMILES string of the molecule is C[C@@H]1Cc2cccnc2N1S(=O)(=O)NC(=O)N[C@@H](Cc1cc(F)cc(F)c1)C(=O)N(C)c1ccc2scnc2c1. The fourth-order valence-corrected chi connectivity index (χ4v) is 6.67. The molecule has 0 bridgehead atoms. The highest BCUT2D eigenvalue weighted by Crippen LogP contribution is 2.31. The molecule has 0 radical (unpaired) electrons. The smallest absolute Gasteiger partial charge is 0.325 e. The molecule has 10 nitrogen and oxygen atoms in total. The van der Waals surface area contributed by atoms with Gasteiger partial charge in [-0.15, -0.1) is 11.3 Å². The molecule has 40 heavy (non-hydrogen) atoms. The van der Waals surface area contributed by atoms with Crippen molar-refractivity contribution in [3.8, 4) is 0 Å².